The number of nitrogens with two attached hydrogens (primary N) is 1. The highest BCUT2D eigenvalue weighted by Crippen LogP contribution is 2.32. The number of aliphatic hydroxyl groups is 4. The van der Waals surface area contributed by atoms with Crippen molar-refractivity contribution in [3.05, 3.63) is 40.6 Å². The van der Waals surface area contributed by atoms with Crippen LogP contribution in [0.2, 0.25) is 0 Å². The number of primary amides is 1. The van der Waals surface area contributed by atoms with Gasteiger partial charge in [0.15, 0.2) is 0 Å². The monoisotopic (exact) mass is 536 g/mol. The Balaban J connectivity index is 1.66. The molecule has 1 aromatic carbocycles. The van der Waals surface area contributed by atoms with Crippen molar-refractivity contribution < 1.29 is 39.4 Å². The van der Waals surface area contributed by atoms with E-state index in [4.69, 9.17) is 19.9 Å². The first kappa shape index (κ1) is 29.8. The van der Waals surface area contributed by atoms with Crippen LogP contribution >= 0.6 is 0 Å². The number of nitrogens with one attached hydrogen (secondary N) is 2. The summed E-state index contributed by atoms with van der Waals surface area (Å²) < 4.78 is 17.2. The number of aromatic nitrogens is 2. The molecule has 38 heavy (non-hydrogen) atoms. The number of hydrogen-bond acceptors (Lipinski definition) is 10. The average Bonchev–Trinajstić information content (AvgIpc) is 3.27. The predicted octanol–water partition coefficient (Wildman–Crippen LogP) is -0.155. The standard InChI is InChI=1S/C26H40N4O8/c1-14(2)21-18(25(30-29-21)38-26-24(35)23(34)22(33)19(13-31)37-26)12-16-5-6-17(11-15(16)3)36-10-4-8-28-9-7-20(27)32/h5-6,11,14,19,22-24,26,28,31,33-35H,4,7-10,12-13H2,1-3H3,(H2,27,32)(H,29,30)/t19-,22?,23+,24-,26+/m1/s1. The van der Waals surface area contributed by atoms with E-state index in [0.29, 0.717) is 26.0 Å². The molecule has 0 spiro atoms. The molecule has 1 unspecified atom stereocenters. The van der Waals surface area contributed by atoms with Gasteiger partial charge in [-0.2, -0.15) is 0 Å². The SMILES string of the molecule is Cc1cc(OCCCNCCC(N)=O)ccc1Cc1c(O[C@@H]2O[C@H](CO)C(O)[C@H](O)[C@H]2O)n[nH]c1C(C)C. The highest BCUT2D eigenvalue weighted by Gasteiger charge is 2.45. The Morgan fingerprint density at radius 2 is 1.97 bits per heavy atom. The third kappa shape index (κ3) is 7.65. The lowest BCUT2D eigenvalue weighted by Crippen LogP contribution is -2.60. The smallest absolute Gasteiger partial charge is 0.238 e. The van der Waals surface area contributed by atoms with E-state index in [2.05, 4.69) is 15.5 Å². The maximum absolute atomic E-state index is 10.8. The van der Waals surface area contributed by atoms with E-state index in [1.165, 1.54) is 0 Å². The van der Waals surface area contributed by atoms with Crippen LogP contribution in [-0.2, 0) is 16.0 Å². The Bertz CT molecular complexity index is 1040. The zero-order valence-electron chi connectivity index (χ0n) is 22.1. The maximum Gasteiger partial charge on any atom is 0.238 e. The van der Waals surface area contributed by atoms with Gasteiger partial charge in [0.05, 0.1) is 13.2 Å². The molecule has 0 radical (unpaired) electrons. The molecule has 0 bridgehead atoms. The van der Waals surface area contributed by atoms with E-state index in [1.807, 2.05) is 39.0 Å². The van der Waals surface area contributed by atoms with Gasteiger partial charge in [0.2, 0.25) is 18.1 Å². The van der Waals surface area contributed by atoms with Crippen molar-refractivity contribution >= 4 is 5.91 Å². The number of aryl methyl sites for hydroxylation is 1. The van der Waals surface area contributed by atoms with Crippen molar-refractivity contribution in [2.45, 2.75) is 76.7 Å². The molecule has 8 N–H and O–H groups in total. The molecule has 0 saturated carbocycles. The minimum atomic E-state index is -1.54. The lowest BCUT2D eigenvalue weighted by Gasteiger charge is -2.39. The van der Waals surface area contributed by atoms with Crippen molar-refractivity contribution in [1.82, 2.24) is 15.5 Å². The summed E-state index contributed by atoms with van der Waals surface area (Å²) in [6.07, 6.45) is -5.37. The molecular weight excluding hydrogens is 496 g/mol. The second-order valence-electron chi connectivity index (χ2n) is 9.82. The summed E-state index contributed by atoms with van der Waals surface area (Å²) in [6, 6.07) is 5.84. The Kier molecular flexibility index (Phi) is 10.9. The van der Waals surface area contributed by atoms with Crippen LogP contribution < -0.4 is 20.5 Å². The third-order valence-electron chi connectivity index (χ3n) is 6.51. The molecule has 1 aromatic heterocycles. The van der Waals surface area contributed by atoms with Crippen LogP contribution in [0.15, 0.2) is 18.2 Å². The molecule has 5 atom stereocenters. The van der Waals surface area contributed by atoms with E-state index in [-0.39, 0.29) is 17.7 Å². The van der Waals surface area contributed by atoms with Crippen molar-refractivity contribution in [3.8, 4) is 11.6 Å². The predicted molar refractivity (Wildman–Crippen MR) is 138 cm³/mol. The normalized spacial score (nSPS) is 23.5. The Hall–Kier alpha value is -2.74. The lowest BCUT2D eigenvalue weighted by molar-refractivity contribution is -0.278. The minimum absolute atomic E-state index is 0.101. The van der Waals surface area contributed by atoms with Gasteiger partial charge in [-0.3, -0.25) is 9.89 Å². The first-order valence-corrected chi connectivity index (χ1v) is 12.9. The van der Waals surface area contributed by atoms with Crippen LogP contribution in [0.5, 0.6) is 11.6 Å². The average molecular weight is 537 g/mol. The van der Waals surface area contributed by atoms with Crippen LogP contribution in [0, 0.1) is 6.92 Å². The molecule has 0 aliphatic carbocycles. The lowest BCUT2D eigenvalue weighted by atomic mass is 9.96. The van der Waals surface area contributed by atoms with Gasteiger partial charge in [0, 0.05) is 30.6 Å². The zero-order chi connectivity index (χ0) is 27.8. The number of amides is 1. The van der Waals surface area contributed by atoms with Crippen LogP contribution in [0.1, 0.15) is 55.0 Å². The van der Waals surface area contributed by atoms with Crippen molar-refractivity contribution in [1.29, 1.82) is 0 Å². The number of ether oxygens (including phenoxy) is 3. The number of hydrogen-bond donors (Lipinski definition) is 7. The summed E-state index contributed by atoms with van der Waals surface area (Å²) in [7, 11) is 0. The minimum Gasteiger partial charge on any atom is -0.494 e. The molecule has 12 nitrogen and oxygen atoms in total. The first-order valence-electron chi connectivity index (χ1n) is 12.9. The number of H-pyrrole nitrogens is 1. The molecule has 2 heterocycles. The third-order valence-corrected chi connectivity index (χ3v) is 6.51. The van der Waals surface area contributed by atoms with Crippen molar-refractivity contribution in [3.63, 3.8) is 0 Å². The van der Waals surface area contributed by atoms with E-state index >= 15 is 0 Å². The molecule has 212 valence electrons. The fourth-order valence-corrected chi connectivity index (χ4v) is 4.25. The van der Waals surface area contributed by atoms with Gasteiger partial charge in [-0.15, -0.1) is 5.10 Å². The van der Waals surface area contributed by atoms with Gasteiger partial charge in [-0.05, 0) is 49.1 Å². The van der Waals surface area contributed by atoms with E-state index in [9.17, 15) is 25.2 Å². The fourth-order valence-electron chi connectivity index (χ4n) is 4.25. The summed E-state index contributed by atoms with van der Waals surface area (Å²) in [5.41, 5.74) is 8.78. The highest BCUT2D eigenvalue weighted by molar-refractivity contribution is 5.73. The molecule has 3 rings (SSSR count). The maximum atomic E-state index is 10.8. The highest BCUT2D eigenvalue weighted by atomic mass is 16.7. The molecule has 2 aromatic rings. The van der Waals surface area contributed by atoms with Gasteiger partial charge in [0.1, 0.15) is 30.2 Å². The summed E-state index contributed by atoms with van der Waals surface area (Å²) in [6.45, 7) is 7.27. The molecular formula is C26H40N4O8. The van der Waals surface area contributed by atoms with Crippen LogP contribution in [-0.4, -0.2) is 93.5 Å². The number of benzene rings is 1. The molecule has 1 aliphatic rings. The number of carbonyl (C=O) groups excluding carboxylic acids is 1. The van der Waals surface area contributed by atoms with Gasteiger partial charge < -0.3 is 45.7 Å². The molecule has 1 saturated heterocycles. The van der Waals surface area contributed by atoms with Crippen LogP contribution in [0.25, 0.3) is 0 Å². The fraction of sp³-hybridized carbons (Fsp3) is 0.615. The van der Waals surface area contributed by atoms with Crippen LogP contribution in [0.4, 0.5) is 0 Å². The van der Waals surface area contributed by atoms with E-state index in [0.717, 1.165) is 41.1 Å². The van der Waals surface area contributed by atoms with Crippen LogP contribution in [0.3, 0.4) is 0 Å². The van der Waals surface area contributed by atoms with Gasteiger partial charge in [-0.25, -0.2) is 0 Å². The number of nitrogens with zero attached hydrogens (tertiary/aromatic N) is 1. The molecule has 1 amide bonds. The first-order chi connectivity index (χ1) is 18.1. The van der Waals surface area contributed by atoms with Crippen molar-refractivity contribution in [2.24, 2.45) is 5.73 Å². The Morgan fingerprint density at radius 3 is 2.63 bits per heavy atom. The van der Waals surface area contributed by atoms with Gasteiger partial charge >= 0.3 is 0 Å². The second-order valence-corrected chi connectivity index (χ2v) is 9.82. The molecule has 1 fully saturated rings. The number of carbonyl (C=O) groups is 1. The van der Waals surface area contributed by atoms with E-state index in [1.54, 1.807) is 0 Å². The van der Waals surface area contributed by atoms with Gasteiger partial charge in [0.25, 0.3) is 0 Å². The Labute approximate surface area is 222 Å². The number of aromatic amines is 1. The quantitative estimate of drug-likeness (QED) is 0.160. The Morgan fingerprint density at radius 1 is 1.21 bits per heavy atom. The summed E-state index contributed by atoms with van der Waals surface area (Å²) in [5, 5.41) is 50.4. The van der Waals surface area contributed by atoms with Crippen molar-refractivity contribution in [2.75, 3.05) is 26.3 Å². The number of rotatable bonds is 14. The summed E-state index contributed by atoms with van der Waals surface area (Å²) in [4.78, 5) is 10.8. The van der Waals surface area contributed by atoms with E-state index < -0.39 is 37.3 Å². The molecule has 12 heteroatoms. The summed E-state index contributed by atoms with van der Waals surface area (Å²) in [5.74, 6) is 0.732. The van der Waals surface area contributed by atoms with Gasteiger partial charge in [-0.1, -0.05) is 19.9 Å². The second kappa shape index (κ2) is 13.9. The topological polar surface area (TPSA) is 192 Å². The zero-order valence-corrected chi connectivity index (χ0v) is 22.1. The number of aliphatic hydroxyl groups excluding tert-OH is 4. The molecule has 1 aliphatic heterocycles. The largest absolute Gasteiger partial charge is 0.494 e. The summed E-state index contributed by atoms with van der Waals surface area (Å²) >= 11 is 0.